The Hall–Kier alpha value is -2.37. The molecule has 0 spiro atoms. The van der Waals surface area contributed by atoms with E-state index < -0.39 is 0 Å². The van der Waals surface area contributed by atoms with Crippen LogP contribution in [0.4, 0.5) is 0 Å². The van der Waals surface area contributed by atoms with Crippen LogP contribution in [0.25, 0.3) is 0 Å². The molecule has 6 heteroatoms. The van der Waals surface area contributed by atoms with Gasteiger partial charge in [-0.05, 0) is 30.9 Å². The zero-order valence-corrected chi connectivity index (χ0v) is 13.9. The maximum atomic E-state index is 13.0. The van der Waals surface area contributed by atoms with E-state index >= 15 is 0 Å². The van der Waals surface area contributed by atoms with Crippen LogP contribution >= 0.6 is 0 Å². The summed E-state index contributed by atoms with van der Waals surface area (Å²) in [6, 6.07) is 7.99. The maximum Gasteiger partial charge on any atom is 0.229 e. The molecule has 0 N–H and O–H groups in total. The second-order valence-electron chi connectivity index (χ2n) is 6.74. The van der Waals surface area contributed by atoms with Crippen molar-refractivity contribution in [1.82, 2.24) is 19.7 Å². The Morgan fingerprint density at radius 1 is 1.33 bits per heavy atom. The van der Waals surface area contributed by atoms with Gasteiger partial charge in [-0.2, -0.15) is 0 Å². The molecule has 1 aromatic heterocycles. The number of piperidine rings is 1. The lowest BCUT2D eigenvalue weighted by Gasteiger charge is -2.35. The maximum absolute atomic E-state index is 13.0. The number of aromatic nitrogens is 3. The van der Waals surface area contributed by atoms with Gasteiger partial charge in [-0.1, -0.05) is 18.2 Å². The van der Waals surface area contributed by atoms with Crippen LogP contribution in [0, 0.1) is 5.92 Å². The molecule has 4 rings (SSSR count). The average Bonchev–Trinajstić information content (AvgIpc) is 3.07. The molecular formula is C18H22N4O2. The fourth-order valence-corrected chi connectivity index (χ4v) is 3.79. The van der Waals surface area contributed by atoms with E-state index in [1.54, 1.807) is 6.33 Å². The van der Waals surface area contributed by atoms with Crippen LogP contribution in [-0.4, -0.2) is 45.3 Å². The lowest BCUT2D eigenvalue weighted by Crippen LogP contribution is -2.45. The van der Waals surface area contributed by atoms with Gasteiger partial charge < -0.3 is 14.2 Å². The number of ether oxygens (including phenoxy) is 1. The highest BCUT2D eigenvalue weighted by molar-refractivity contribution is 5.80. The van der Waals surface area contributed by atoms with Crippen molar-refractivity contribution >= 4 is 5.91 Å². The highest BCUT2D eigenvalue weighted by Crippen LogP contribution is 2.30. The van der Waals surface area contributed by atoms with Gasteiger partial charge in [0, 0.05) is 26.1 Å². The van der Waals surface area contributed by atoms with Gasteiger partial charge >= 0.3 is 0 Å². The van der Waals surface area contributed by atoms with Crippen LogP contribution in [0.1, 0.15) is 30.1 Å². The van der Waals surface area contributed by atoms with Crippen molar-refractivity contribution in [3.63, 3.8) is 0 Å². The Morgan fingerprint density at radius 2 is 2.21 bits per heavy atom. The van der Waals surface area contributed by atoms with E-state index in [1.165, 1.54) is 0 Å². The molecule has 2 aliphatic rings. The third kappa shape index (κ3) is 2.77. The second-order valence-corrected chi connectivity index (χ2v) is 6.74. The topological polar surface area (TPSA) is 60.2 Å². The van der Waals surface area contributed by atoms with E-state index in [-0.39, 0.29) is 17.7 Å². The Bertz CT molecular complexity index is 742. The second kappa shape index (κ2) is 6.26. The smallest absolute Gasteiger partial charge is 0.229 e. The minimum absolute atomic E-state index is 0.0850. The molecule has 0 bridgehead atoms. The molecule has 6 nitrogen and oxygen atoms in total. The van der Waals surface area contributed by atoms with Crippen LogP contribution in [0.5, 0.6) is 5.75 Å². The van der Waals surface area contributed by atoms with Crippen molar-refractivity contribution in [2.24, 2.45) is 13.0 Å². The molecule has 1 aromatic carbocycles. The molecule has 1 amide bonds. The number of carbonyl (C=O) groups excluding carboxylic acids is 1. The number of rotatable bonds is 2. The number of benzene rings is 1. The van der Waals surface area contributed by atoms with Gasteiger partial charge in [0.25, 0.3) is 0 Å². The van der Waals surface area contributed by atoms with Crippen molar-refractivity contribution in [2.75, 3.05) is 19.7 Å². The number of hydrogen-bond acceptors (Lipinski definition) is 4. The number of aryl methyl sites for hydroxylation is 1. The van der Waals surface area contributed by atoms with Crippen LogP contribution in [0.2, 0.25) is 0 Å². The van der Waals surface area contributed by atoms with Crippen LogP contribution in [0.15, 0.2) is 30.6 Å². The van der Waals surface area contributed by atoms with Gasteiger partial charge in [-0.25, -0.2) is 0 Å². The molecule has 2 aliphatic heterocycles. The number of fused-ring (bicyclic) bond motifs is 1. The van der Waals surface area contributed by atoms with Gasteiger partial charge in [0.1, 0.15) is 24.5 Å². The Kier molecular flexibility index (Phi) is 3.96. The Morgan fingerprint density at radius 3 is 3.04 bits per heavy atom. The Balaban J connectivity index is 1.46. The van der Waals surface area contributed by atoms with E-state index in [2.05, 4.69) is 10.2 Å². The van der Waals surface area contributed by atoms with Gasteiger partial charge in [-0.15, -0.1) is 10.2 Å². The first kappa shape index (κ1) is 15.2. The van der Waals surface area contributed by atoms with Gasteiger partial charge in [0.2, 0.25) is 5.91 Å². The zero-order chi connectivity index (χ0) is 16.5. The Labute approximate surface area is 141 Å². The van der Waals surface area contributed by atoms with Gasteiger partial charge in [0.15, 0.2) is 0 Å². The lowest BCUT2D eigenvalue weighted by atomic mass is 9.92. The van der Waals surface area contributed by atoms with E-state index in [0.717, 1.165) is 49.5 Å². The third-order valence-electron chi connectivity index (χ3n) is 5.07. The molecule has 0 radical (unpaired) electrons. The summed E-state index contributed by atoms with van der Waals surface area (Å²) in [5.41, 5.74) is 1.13. The summed E-state index contributed by atoms with van der Waals surface area (Å²) in [4.78, 5) is 15.0. The van der Waals surface area contributed by atoms with Crippen LogP contribution < -0.4 is 4.74 Å². The quantitative estimate of drug-likeness (QED) is 0.844. The summed E-state index contributed by atoms with van der Waals surface area (Å²) in [6.07, 6.45) is 4.55. The van der Waals surface area contributed by atoms with Crippen LogP contribution in [-0.2, 0) is 18.3 Å². The number of carbonyl (C=O) groups is 1. The monoisotopic (exact) mass is 326 g/mol. The third-order valence-corrected chi connectivity index (χ3v) is 5.07. The lowest BCUT2D eigenvalue weighted by molar-refractivity contribution is -0.138. The number of likely N-dealkylation sites (tertiary alicyclic amines) is 1. The molecule has 2 unspecified atom stereocenters. The predicted octanol–water partition coefficient (Wildman–Crippen LogP) is 1.77. The van der Waals surface area contributed by atoms with Crippen molar-refractivity contribution in [2.45, 2.75) is 25.2 Å². The van der Waals surface area contributed by atoms with Gasteiger partial charge in [-0.3, -0.25) is 4.79 Å². The minimum Gasteiger partial charge on any atom is -0.492 e. The van der Waals surface area contributed by atoms with Crippen molar-refractivity contribution in [3.05, 3.63) is 42.0 Å². The van der Waals surface area contributed by atoms with E-state index in [4.69, 9.17) is 4.74 Å². The molecule has 126 valence electrons. The van der Waals surface area contributed by atoms with Crippen molar-refractivity contribution in [1.29, 1.82) is 0 Å². The average molecular weight is 326 g/mol. The summed E-state index contributed by atoms with van der Waals surface area (Å²) in [7, 11) is 1.96. The fraction of sp³-hybridized carbons (Fsp3) is 0.500. The summed E-state index contributed by atoms with van der Waals surface area (Å²) in [6.45, 7) is 2.02. The van der Waals surface area contributed by atoms with E-state index in [1.807, 2.05) is 40.8 Å². The van der Waals surface area contributed by atoms with Crippen molar-refractivity contribution < 1.29 is 9.53 Å². The molecule has 2 aromatic rings. The molecule has 24 heavy (non-hydrogen) atoms. The summed E-state index contributed by atoms with van der Waals surface area (Å²) < 4.78 is 7.75. The molecule has 0 aliphatic carbocycles. The molecule has 1 saturated heterocycles. The van der Waals surface area contributed by atoms with Crippen LogP contribution in [0.3, 0.4) is 0 Å². The SMILES string of the molecule is Cn1cnnc1C1CCCN(C(=O)C2COc3ccccc3C2)C1. The first-order valence-electron chi connectivity index (χ1n) is 8.56. The first-order chi connectivity index (χ1) is 11.7. The van der Waals surface area contributed by atoms with Gasteiger partial charge in [0.05, 0.1) is 5.92 Å². The summed E-state index contributed by atoms with van der Waals surface area (Å²) in [5, 5.41) is 8.20. The zero-order valence-electron chi connectivity index (χ0n) is 13.9. The molecule has 1 fully saturated rings. The molecule has 3 heterocycles. The highest BCUT2D eigenvalue weighted by atomic mass is 16.5. The number of para-hydroxylation sites is 1. The molecular weight excluding hydrogens is 304 g/mol. The fourth-order valence-electron chi connectivity index (χ4n) is 3.79. The van der Waals surface area contributed by atoms with Crippen molar-refractivity contribution in [3.8, 4) is 5.75 Å². The number of nitrogens with zero attached hydrogens (tertiary/aromatic N) is 4. The predicted molar refractivity (Wildman–Crippen MR) is 88.7 cm³/mol. The number of hydrogen-bond donors (Lipinski definition) is 0. The first-order valence-corrected chi connectivity index (χ1v) is 8.56. The number of amides is 1. The standard InChI is InChI=1S/C18H22N4O2/c1-21-12-19-20-17(21)14-6-4-8-22(10-14)18(23)15-9-13-5-2-3-7-16(13)24-11-15/h2-3,5,7,12,14-15H,4,6,8-11H2,1H3. The molecule has 2 atom stereocenters. The van der Waals surface area contributed by atoms with E-state index in [0.29, 0.717) is 6.61 Å². The highest BCUT2D eigenvalue weighted by Gasteiger charge is 2.33. The van der Waals surface area contributed by atoms with E-state index in [9.17, 15) is 4.79 Å². The largest absolute Gasteiger partial charge is 0.492 e. The normalized spacial score (nSPS) is 23.5. The minimum atomic E-state index is -0.0850. The molecule has 0 saturated carbocycles. The summed E-state index contributed by atoms with van der Waals surface area (Å²) >= 11 is 0. The summed E-state index contributed by atoms with van der Waals surface area (Å²) in [5.74, 6) is 2.27.